The Kier molecular flexibility index (Phi) is 14.9. The molecule has 2 aromatic heterocycles. The molecular weight excluding hydrogens is 645 g/mol. The van der Waals surface area contributed by atoms with Crippen LogP contribution in [0.3, 0.4) is 0 Å². The van der Waals surface area contributed by atoms with Gasteiger partial charge in [0, 0.05) is 49.9 Å². The molecule has 0 saturated heterocycles. The first-order chi connectivity index (χ1) is 24.8. The van der Waals surface area contributed by atoms with Gasteiger partial charge in [-0.05, 0) is 74.6 Å². The molecule has 0 bridgehead atoms. The lowest BCUT2D eigenvalue weighted by Crippen LogP contribution is -2.38. The highest BCUT2D eigenvalue weighted by molar-refractivity contribution is 5.78. The number of unbranched alkanes of at least 4 members (excludes halogenated alkanes) is 2. The Morgan fingerprint density at radius 1 is 0.558 bits per heavy atom. The Bertz CT molecular complexity index is 1560. The summed E-state index contributed by atoms with van der Waals surface area (Å²) in [5.74, 6) is 2.74. The van der Waals surface area contributed by atoms with E-state index < -0.39 is 0 Å². The number of rotatable bonds is 19. The minimum Gasteiger partial charge on any atom is -0.342 e. The quantitative estimate of drug-likeness (QED) is 0.101. The largest absolute Gasteiger partial charge is 0.342 e. The first kappa shape index (κ1) is 40.6. The van der Waals surface area contributed by atoms with Crippen molar-refractivity contribution in [1.29, 1.82) is 0 Å². The number of hydrogen-bond donors (Lipinski definition) is 2. The van der Waals surface area contributed by atoms with Crippen LogP contribution in [0.25, 0.3) is 33.6 Å². The number of nitrogens with zero attached hydrogens (tertiary/aromatic N) is 4. The van der Waals surface area contributed by atoms with Crippen LogP contribution in [-0.2, 0) is 9.59 Å². The standard InChI is InChI=1S/C44H64N6O2/c1-11-13-23-49(31(7)8)41(51)25-37(29(3)4)43-45-27-39(47-43)35-19-15-33(16-20-35)34-17-21-36(22-18-34)40-28-46-44(48-40)38(30(5)6)26-42(52)50(32(9)10)24-14-12-2/h15-22,27-32,37-38H,11-14,23-26H2,1-10H3,(H,45,47)(H,46,48)/t37-,38-/m0/s1. The molecule has 2 aromatic carbocycles. The van der Waals surface area contributed by atoms with Crippen molar-refractivity contribution in [2.75, 3.05) is 13.1 Å². The average Bonchev–Trinajstić information content (AvgIpc) is 3.81. The van der Waals surface area contributed by atoms with Gasteiger partial charge in [0.2, 0.25) is 11.8 Å². The van der Waals surface area contributed by atoms with Crippen LogP contribution in [0.5, 0.6) is 0 Å². The number of aromatic nitrogens is 4. The number of carbonyl (C=O) groups excluding carboxylic acids is 2. The zero-order valence-corrected chi connectivity index (χ0v) is 33.5. The number of imidazole rings is 2. The Labute approximate surface area is 313 Å². The fourth-order valence-electron chi connectivity index (χ4n) is 6.93. The summed E-state index contributed by atoms with van der Waals surface area (Å²) < 4.78 is 0. The van der Waals surface area contributed by atoms with Crippen molar-refractivity contribution in [1.82, 2.24) is 29.7 Å². The Balaban J connectivity index is 1.44. The van der Waals surface area contributed by atoms with Gasteiger partial charge < -0.3 is 19.8 Å². The fraction of sp³-hybridized carbons (Fsp3) is 0.545. The van der Waals surface area contributed by atoms with Gasteiger partial charge in [0.1, 0.15) is 11.6 Å². The second kappa shape index (κ2) is 19.0. The molecule has 2 amide bonds. The molecule has 8 heteroatoms. The summed E-state index contributed by atoms with van der Waals surface area (Å²) in [5, 5.41) is 0. The van der Waals surface area contributed by atoms with Gasteiger partial charge in [-0.15, -0.1) is 0 Å². The summed E-state index contributed by atoms with van der Waals surface area (Å²) in [4.78, 5) is 47.3. The van der Waals surface area contributed by atoms with Crippen molar-refractivity contribution >= 4 is 11.8 Å². The van der Waals surface area contributed by atoms with E-state index in [1.165, 1.54) is 0 Å². The lowest BCUT2D eigenvalue weighted by atomic mass is 9.91. The topological polar surface area (TPSA) is 98.0 Å². The molecule has 0 unspecified atom stereocenters. The SMILES string of the molecule is CCCCN(C(=O)C[C@H](c1ncc(-c2ccc(-c3ccc(-c4cnc([C@@H](CC(=O)N(CCCC)C(C)C)C(C)C)[nH]4)cc3)cc2)[nH]1)C(C)C)C(C)C. The van der Waals surface area contributed by atoms with E-state index in [0.29, 0.717) is 12.8 Å². The minimum atomic E-state index is 0.0254. The molecule has 4 aromatic rings. The molecule has 0 spiro atoms. The van der Waals surface area contributed by atoms with Crippen molar-refractivity contribution in [3.8, 4) is 33.6 Å². The van der Waals surface area contributed by atoms with Gasteiger partial charge in [0.25, 0.3) is 0 Å². The summed E-state index contributed by atoms with van der Waals surface area (Å²) >= 11 is 0. The number of H-pyrrole nitrogens is 2. The third-order valence-corrected chi connectivity index (χ3v) is 10.4. The smallest absolute Gasteiger partial charge is 0.223 e. The average molecular weight is 709 g/mol. The van der Waals surface area contributed by atoms with Gasteiger partial charge in [-0.2, -0.15) is 0 Å². The molecule has 0 aliphatic carbocycles. The van der Waals surface area contributed by atoms with Crippen molar-refractivity contribution in [2.45, 2.75) is 132 Å². The number of carbonyl (C=O) groups is 2. The molecule has 0 aliphatic heterocycles. The monoisotopic (exact) mass is 709 g/mol. The molecule has 0 fully saturated rings. The first-order valence-corrected chi connectivity index (χ1v) is 19.7. The summed E-state index contributed by atoms with van der Waals surface area (Å²) in [7, 11) is 0. The highest BCUT2D eigenvalue weighted by Crippen LogP contribution is 2.32. The van der Waals surface area contributed by atoms with Crippen LogP contribution in [-0.4, -0.2) is 66.7 Å². The van der Waals surface area contributed by atoms with Crippen molar-refractivity contribution < 1.29 is 9.59 Å². The number of amides is 2. The molecule has 0 aliphatic rings. The summed E-state index contributed by atoms with van der Waals surface area (Å²) in [6, 6.07) is 17.4. The van der Waals surface area contributed by atoms with E-state index in [1.807, 2.05) is 22.2 Å². The van der Waals surface area contributed by atoms with E-state index in [0.717, 1.165) is 84.1 Å². The molecule has 0 radical (unpaired) electrons. The molecule has 2 heterocycles. The van der Waals surface area contributed by atoms with Crippen LogP contribution < -0.4 is 0 Å². The van der Waals surface area contributed by atoms with Crippen molar-refractivity contribution in [3.63, 3.8) is 0 Å². The van der Waals surface area contributed by atoms with Gasteiger partial charge in [-0.25, -0.2) is 9.97 Å². The zero-order valence-electron chi connectivity index (χ0n) is 33.5. The second-order valence-corrected chi connectivity index (χ2v) is 15.7. The summed E-state index contributed by atoms with van der Waals surface area (Å²) in [6.07, 6.45) is 8.87. The highest BCUT2D eigenvalue weighted by atomic mass is 16.2. The third-order valence-electron chi connectivity index (χ3n) is 10.4. The van der Waals surface area contributed by atoms with Crippen LogP contribution in [0.1, 0.15) is 131 Å². The summed E-state index contributed by atoms with van der Waals surface area (Å²) in [6.45, 7) is 23.0. The second-order valence-electron chi connectivity index (χ2n) is 15.7. The maximum atomic E-state index is 13.3. The van der Waals surface area contributed by atoms with Gasteiger partial charge in [0.15, 0.2) is 0 Å². The van der Waals surface area contributed by atoms with Gasteiger partial charge in [-0.3, -0.25) is 9.59 Å². The van der Waals surface area contributed by atoms with E-state index in [2.05, 4.69) is 128 Å². The molecule has 0 saturated carbocycles. The Morgan fingerprint density at radius 3 is 1.17 bits per heavy atom. The number of benzene rings is 2. The molecular formula is C44H64N6O2. The maximum Gasteiger partial charge on any atom is 0.223 e. The Hall–Kier alpha value is -4.20. The van der Waals surface area contributed by atoms with Crippen molar-refractivity contribution in [2.24, 2.45) is 11.8 Å². The zero-order chi connectivity index (χ0) is 37.9. The van der Waals surface area contributed by atoms with E-state index >= 15 is 0 Å². The van der Waals surface area contributed by atoms with Crippen LogP contribution in [0.2, 0.25) is 0 Å². The van der Waals surface area contributed by atoms with Crippen LogP contribution in [0.15, 0.2) is 60.9 Å². The molecule has 282 valence electrons. The highest BCUT2D eigenvalue weighted by Gasteiger charge is 2.28. The molecule has 2 atom stereocenters. The molecule has 52 heavy (non-hydrogen) atoms. The van der Waals surface area contributed by atoms with E-state index in [9.17, 15) is 9.59 Å². The van der Waals surface area contributed by atoms with E-state index in [1.54, 1.807) is 0 Å². The van der Waals surface area contributed by atoms with Gasteiger partial charge in [0.05, 0.1) is 23.8 Å². The Morgan fingerprint density at radius 2 is 0.885 bits per heavy atom. The van der Waals surface area contributed by atoms with Crippen LogP contribution in [0.4, 0.5) is 0 Å². The lowest BCUT2D eigenvalue weighted by Gasteiger charge is -2.29. The molecule has 8 nitrogen and oxygen atoms in total. The lowest BCUT2D eigenvalue weighted by molar-refractivity contribution is -0.134. The first-order valence-electron chi connectivity index (χ1n) is 19.7. The van der Waals surface area contributed by atoms with Gasteiger partial charge in [-0.1, -0.05) is 103 Å². The van der Waals surface area contributed by atoms with Gasteiger partial charge >= 0.3 is 0 Å². The predicted molar refractivity (Wildman–Crippen MR) is 215 cm³/mol. The number of hydrogen-bond acceptors (Lipinski definition) is 4. The van der Waals surface area contributed by atoms with E-state index in [-0.39, 0.29) is 47.6 Å². The third kappa shape index (κ3) is 10.4. The number of aromatic amines is 2. The normalized spacial score (nSPS) is 13.0. The molecule has 2 N–H and O–H groups in total. The maximum absolute atomic E-state index is 13.3. The fourth-order valence-corrected chi connectivity index (χ4v) is 6.93. The van der Waals surface area contributed by atoms with Crippen molar-refractivity contribution in [3.05, 3.63) is 72.6 Å². The summed E-state index contributed by atoms with van der Waals surface area (Å²) in [5.41, 5.74) is 6.28. The van der Waals surface area contributed by atoms with Crippen LogP contribution >= 0.6 is 0 Å². The van der Waals surface area contributed by atoms with Crippen LogP contribution in [0, 0.1) is 11.8 Å². The molecule has 4 rings (SSSR count). The predicted octanol–water partition coefficient (Wildman–Crippen LogP) is 10.5. The van der Waals surface area contributed by atoms with E-state index in [4.69, 9.17) is 9.97 Å². The minimum absolute atomic E-state index is 0.0254. The number of nitrogens with one attached hydrogen (secondary N) is 2.